The number of aromatic nitrogens is 1. The highest BCUT2D eigenvalue weighted by Crippen LogP contribution is 2.43. The lowest BCUT2D eigenvalue weighted by Crippen LogP contribution is -2.32. The Morgan fingerprint density at radius 3 is 2.32 bits per heavy atom. The molecular weight excluding hydrogens is 398 g/mol. The molecule has 1 amide bonds. The smallest absolute Gasteiger partial charge is 0.262 e. The maximum absolute atomic E-state index is 13.4. The molecule has 1 N–H and O–H groups in total. The van der Waals surface area contributed by atoms with Gasteiger partial charge in [-0.25, -0.2) is 0 Å². The molecule has 0 fully saturated rings. The molecule has 2 aromatic carbocycles. The van der Waals surface area contributed by atoms with E-state index in [9.17, 15) is 4.79 Å². The van der Waals surface area contributed by atoms with Crippen molar-refractivity contribution in [1.29, 1.82) is 0 Å². The van der Waals surface area contributed by atoms with E-state index in [1.165, 1.54) is 0 Å². The van der Waals surface area contributed by atoms with E-state index in [0.717, 1.165) is 5.69 Å². The third kappa shape index (κ3) is 3.56. The monoisotopic (exact) mass is 421 g/mol. The molecular formula is C23H23N3O5. The average molecular weight is 421 g/mol. The Balaban J connectivity index is 1.81. The van der Waals surface area contributed by atoms with Crippen LogP contribution >= 0.6 is 0 Å². The first-order valence-electron chi connectivity index (χ1n) is 9.60. The number of amides is 1. The van der Waals surface area contributed by atoms with Gasteiger partial charge in [-0.1, -0.05) is 0 Å². The zero-order valence-electron chi connectivity index (χ0n) is 17.7. The summed E-state index contributed by atoms with van der Waals surface area (Å²) in [6.45, 7) is 0. The lowest BCUT2D eigenvalue weighted by molar-refractivity contribution is 0.0992. The molecule has 0 spiro atoms. The van der Waals surface area contributed by atoms with E-state index >= 15 is 0 Å². The number of carbonyl (C=O) groups excluding carboxylic acids is 1. The number of rotatable bonds is 7. The minimum Gasteiger partial charge on any atom is -0.497 e. The van der Waals surface area contributed by atoms with Gasteiger partial charge >= 0.3 is 0 Å². The molecule has 1 aromatic heterocycles. The number of ether oxygens (including phenoxy) is 4. The Kier molecular flexibility index (Phi) is 5.53. The summed E-state index contributed by atoms with van der Waals surface area (Å²) in [6, 6.07) is 14.3. The summed E-state index contributed by atoms with van der Waals surface area (Å²) in [6.07, 6.45) is 1.10. The maximum atomic E-state index is 13.4. The number of fused-ring (bicyclic) bond motifs is 1. The van der Waals surface area contributed by atoms with Gasteiger partial charge in [0.2, 0.25) is 0 Å². The third-order valence-corrected chi connectivity index (χ3v) is 5.14. The molecule has 0 aliphatic carbocycles. The lowest BCUT2D eigenvalue weighted by atomic mass is 10.2. The second-order valence-corrected chi connectivity index (χ2v) is 6.77. The van der Waals surface area contributed by atoms with Crippen molar-refractivity contribution in [2.45, 2.75) is 6.17 Å². The summed E-state index contributed by atoms with van der Waals surface area (Å²) in [5.41, 5.74) is 2.45. The highest BCUT2D eigenvalue weighted by molar-refractivity contribution is 6.11. The van der Waals surface area contributed by atoms with Crippen LogP contribution in [0, 0.1) is 0 Å². The van der Waals surface area contributed by atoms with Crippen molar-refractivity contribution in [2.24, 2.45) is 0 Å². The van der Waals surface area contributed by atoms with Crippen molar-refractivity contribution in [1.82, 2.24) is 4.98 Å². The predicted octanol–water partition coefficient (Wildman–Crippen LogP) is 3.89. The summed E-state index contributed by atoms with van der Waals surface area (Å²) in [4.78, 5) is 19.5. The second-order valence-electron chi connectivity index (χ2n) is 6.77. The molecule has 1 aliphatic rings. The van der Waals surface area contributed by atoms with Crippen molar-refractivity contribution in [3.63, 3.8) is 0 Å². The van der Waals surface area contributed by atoms with Gasteiger partial charge in [0.05, 0.1) is 45.4 Å². The second kappa shape index (κ2) is 8.43. The zero-order chi connectivity index (χ0) is 22.0. The molecule has 3 aromatic rings. The van der Waals surface area contributed by atoms with Crippen molar-refractivity contribution >= 4 is 17.3 Å². The number of benzene rings is 2. The van der Waals surface area contributed by atoms with Crippen LogP contribution in [0.5, 0.6) is 23.0 Å². The molecule has 0 saturated heterocycles. The largest absolute Gasteiger partial charge is 0.497 e. The van der Waals surface area contributed by atoms with Gasteiger partial charge in [0.15, 0.2) is 17.7 Å². The molecule has 2 heterocycles. The Bertz CT molecular complexity index is 1120. The first kappa shape index (κ1) is 20.3. The van der Waals surface area contributed by atoms with Gasteiger partial charge in [-0.05, 0) is 36.4 Å². The standard InChI is InChI=1S/C23H23N3O5/c1-28-15-8-10-18(29-2)17(13-15)26-22(21-16(23(26)27)6-5-11-24-21)25-14-7-9-19(30-3)20(12-14)31-4/h5-13,22,25H,1-4H3/t22-/m1/s1. The van der Waals surface area contributed by atoms with E-state index in [2.05, 4.69) is 10.3 Å². The first-order valence-corrected chi connectivity index (χ1v) is 9.60. The molecule has 4 rings (SSSR count). The van der Waals surface area contributed by atoms with E-state index in [1.54, 1.807) is 75.9 Å². The maximum Gasteiger partial charge on any atom is 0.262 e. The summed E-state index contributed by atoms with van der Waals surface area (Å²) < 4.78 is 21.6. The quantitative estimate of drug-likeness (QED) is 0.620. The molecule has 160 valence electrons. The van der Waals surface area contributed by atoms with Crippen LogP contribution in [0.3, 0.4) is 0 Å². The van der Waals surface area contributed by atoms with Gasteiger partial charge < -0.3 is 24.3 Å². The summed E-state index contributed by atoms with van der Waals surface area (Å²) in [5.74, 6) is 2.15. The molecule has 0 unspecified atom stereocenters. The Labute approximate surface area is 180 Å². The molecule has 8 heteroatoms. The molecule has 8 nitrogen and oxygen atoms in total. The Morgan fingerprint density at radius 1 is 0.871 bits per heavy atom. The summed E-state index contributed by atoms with van der Waals surface area (Å²) in [5, 5.41) is 3.40. The van der Waals surface area contributed by atoms with E-state index < -0.39 is 6.17 Å². The average Bonchev–Trinajstić information content (AvgIpc) is 3.09. The normalized spacial score (nSPS) is 14.8. The molecule has 0 bridgehead atoms. The fraction of sp³-hybridized carbons (Fsp3) is 0.217. The van der Waals surface area contributed by atoms with Crippen LogP contribution in [0.15, 0.2) is 54.7 Å². The van der Waals surface area contributed by atoms with Crippen LogP contribution < -0.4 is 29.2 Å². The number of nitrogens with one attached hydrogen (secondary N) is 1. The SMILES string of the molecule is COc1ccc(OC)c(N2C(=O)c3cccnc3[C@@H]2Nc2ccc(OC)c(OC)c2)c1. The van der Waals surface area contributed by atoms with Gasteiger partial charge in [0.25, 0.3) is 5.91 Å². The molecule has 1 aliphatic heterocycles. The summed E-state index contributed by atoms with van der Waals surface area (Å²) in [7, 11) is 6.30. The number of pyridine rings is 1. The van der Waals surface area contributed by atoms with Crippen molar-refractivity contribution in [3.8, 4) is 23.0 Å². The number of anilines is 2. The predicted molar refractivity (Wildman–Crippen MR) is 117 cm³/mol. The van der Waals surface area contributed by atoms with Gasteiger partial charge in [0.1, 0.15) is 11.5 Å². The highest BCUT2D eigenvalue weighted by Gasteiger charge is 2.40. The number of nitrogens with zero attached hydrogens (tertiary/aromatic N) is 2. The third-order valence-electron chi connectivity index (χ3n) is 5.14. The fourth-order valence-corrected chi connectivity index (χ4v) is 3.64. The summed E-state index contributed by atoms with van der Waals surface area (Å²) >= 11 is 0. The highest BCUT2D eigenvalue weighted by atomic mass is 16.5. The van der Waals surface area contributed by atoms with Gasteiger partial charge in [-0.3, -0.25) is 14.7 Å². The topological polar surface area (TPSA) is 82.2 Å². The Hall–Kier alpha value is -3.94. The lowest BCUT2D eigenvalue weighted by Gasteiger charge is -2.28. The molecule has 1 atom stereocenters. The Morgan fingerprint density at radius 2 is 1.61 bits per heavy atom. The van der Waals surface area contributed by atoms with E-state index in [-0.39, 0.29) is 5.91 Å². The molecule has 0 saturated carbocycles. The van der Waals surface area contributed by atoms with Crippen molar-refractivity contribution in [3.05, 3.63) is 66.0 Å². The van der Waals surface area contributed by atoms with Crippen LogP contribution in [-0.2, 0) is 0 Å². The van der Waals surface area contributed by atoms with E-state index in [1.807, 2.05) is 12.1 Å². The number of methoxy groups -OCH3 is 4. The van der Waals surface area contributed by atoms with Crippen LogP contribution in [0.2, 0.25) is 0 Å². The number of carbonyl (C=O) groups is 1. The van der Waals surface area contributed by atoms with Crippen molar-refractivity contribution < 1.29 is 23.7 Å². The van der Waals surface area contributed by atoms with Crippen LogP contribution in [0.4, 0.5) is 11.4 Å². The zero-order valence-corrected chi connectivity index (χ0v) is 17.7. The number of hydrogen-bond acceptors (Lipinski definition) is 7. The first-order chi connectivity index (χ1) is 15.1. The minimum absolute atomic E-state index is 0.187. The van der Waals surface area contributed by atoms with Gasteiger partial charge in [-0.15, -0.1) is 0 Å². The number of hydrogen-bond donors (Lipinski definition) is 1. The van der Waals surface area contributed by atoms with Gasteiger partial charge in [-0.2, -0.15) is 0 Å². The van der Waals surface area contributed by atoms with Crippen LogP contribution in [0.1, 0.15) is 22.2 Å². The van der Waals surface area contributed by atoms with E-state index in [0.29, 0.717) is 39.9 Å². The minimum atomic E-state index is -0.567. The van der Waals surface area contributed by atoms with Crippen LogP contribution in [0.25, 0.3) is 0 Å². The van der Waals surface area contributed by atoms with Crippen molar-refractivity contribution in [2.75, 3.05) is 38.7 Å². The van der Waals surface area contributed by atoms with Gasteiger partial charge in [0, 0.05) is 24.0 Å². The molecule has 31 heavy (non-hydrogen) atoms. The fourth-order valence-electron chi connectivity index (χ4n) is 3.64. The van der Waals surface area contributed by atoms with E-state index in [4.69, 9.17) is 18.9 Å². The van der Waals surface area contributed by atoms with Crippen LogP contribution in [-0.4, -0.2) is 39.3 Å². The molecule has 0 radical (unpaired) electrons.